The summed E-state index contributed by atoms with van der Waals surface area (Å²) in [7, 11) is 3.24. The zero-order valence-electron chi connectivity index (χ0n) is 20.1. The van der Waals surface area contributed by atoms with Crippen LogP contribution >= 0.6 is 11.8 Å². The number of para-hydroxylation sites is 3. The largest absolute Gasteiger partial charge is 0.496 e. The van der Waals surface area contributed by atoms with E-state index in [-0.39, 0.29) is 11.5 Å². The molecule has 36 heavy (non-hydrogen) atoms. The number of benzene rings is 3. The maximum atomic E-state index is 13.2. The molecule has 180 valence electrons. The molecule has 1 N–H and O–H groups in total. The summed E-state index contributed by atoms with van der Waals surface area (Å²) in [6.07, 6.45) is 0. The lowest BCUT2D eigenvalue weighted by Crippen LogP contribution is -2.06. The Morgan fingerprint density at radius 2 is 1.44 bits per heavy atom. The Labute approximate surface area is 212 Å². The minimum absolute atomic E-state index is 0.00574. The van der Waals surface area contributed by atoms with Crippen molar-refractivity contribution in [3.05, 3.63) is 84.1 Å². The van der Waals surface area contributed by atoms with Crippen LogP contribution in [0.1, 0.15) is 16.1 Å². The van der Waals surface area contributed by atoms with Crippen molar-refractivity contribution in [3.63, 3.8) is 0 Å². The number of fused-ring (bicyclic) bond motifs is 1. The van der Waals surface area contributed by atoms with Crippen LogP contribution in [0.4, 0.5) is 0 Å². The van der Waals surface area contributed by atoms with Gasteiger partial charge < -0.3 is 14.5 Å². The Morgan fingerprint density at radius 3 is 2.14 bits per heavy atom. The first-order valence-electron chi connectivity index (χ1n) is 11.4. The fourth-order valence-corrected chi connectivity index (χ4v) is 4.92. The fraction of sp³-hybridized carbons (Fsp3) is 0.143. The van der Waals surface area contributed by atoms with Crippen LogP contribution in [-0.4, -0.2) is 45.9 Å². The van der Waals surface area contributed by atoms with Crippen LogP contribution in [-0.2, 0) is 0 Å². The van der Waals surface area contributed by atoms with Gasteiger partial charge in [-0.1, -0.05) is 54.2 Å². The number of Topliss-reactive ketones (excluding diaryl/α,β-unsaturated/α-hetero) is 1. The lowest BCUT2D eigenvalue weighted by atomic mass is 10.0. The van der Waals surface area contributed by atoms with Gasteiger partial charge in [-0.3, -0.25) is 4.79 Å². The third kappa shape index (κ3) is 4.43. The van der Waals surface area contributed by atoms with Crippen molar-refractivity contribution in [2.24, 2.45) is 0 Å². The molecule has 5 rings (SSSR count). The van der Waals surface area contributed by atoms with Crippen molar-refractivity contribution in [3.8, 4) is 34.0 Å². The molecule has 8 heteroatoms. The topological polar surface area (TPSA) is 90.0 Å². The maximum Gasteiger partial charge on any atom is 0.210 e. The molecular formula is C28H24N4O3S. The average Bonchev–Trinajstić information content (AvgIpc) is 3.27. The van der Waals surface area contributed by atoms with E-state index in [0.29, 0.717) is 33.6 Å². The number of hydrogen-bond acceptors (Lipinski definition) is 7. The molecule has 0 fully saturated rings. The fourth-order valence-electron chi connectivity index (χ4n) is 4.26. The van der Waals surface area contributed by atoms with Crippen molar-refractivity contribution < 1.29 is 14.3 Å². The number of thioether (sulfide) groups is 1. The summed E-state index contributed by atoms with van der Waals surface area (Å²) < 4.78 is 11.2. The summed E-state index contributed by atoms with van der Waals surface area (Å²) in [6.45, 7) is 1.91. The highest BCUT2D eigenvalue weighted by Crippen LogP contribution is 2.38. The number of nitrogens with zero attached hydrogens (tertiary/aromatic N) is 3. The Hall–Kier alpha value is -4.17. The highest BCUT2D eigenvalue weighted by Gasteiger charge is 2.21. The maximum absolute atomic E-state index is 13.2. The SMILES string of the molecule is COc1ccccc1-c1nnc(SCC(=O)c2c(C)[nH]c3ccccc23)nc1-c1ccccc1OC. The molecule has 5 aromatic rings. The predicted molar refractivity (Wildman–Crippen MR) is 142 cm³/mol. The van der Waals surface area contributed by atoms with Gasteiger partial charge in [-0.15, -0.1) is 10.2 Å². The Balaban J connectivity index is 1.52. The number of H-pyrrole nitrogens is 1. The Kier molecular flexibility index (Phi) is 6.69. The molecule has 2 aromatic heterocycles. The standard InChI is InChI=1S/C28H24N4O3S/c1-17-25(18-10-4-7-13-21(18)29-17)22(33)16-36-28-30-26(19-11-5-8-14-23(19)34-2)27(31-32-28)20-12-6-9-15-24(20)35-3/h4-15,29H,16H2,1-3H3. The second-order valence-electron chi connectivity index (χ2n) is 8.07. The van der Waals surface area contributed by atoms with Crippen LogP contribution < -0.4 is 9.47 Å². The van der Waals surface area contributed by atoms with Crippen molar-refractivity contribution in [2.45, 2.75) is 12.1 Å². The van der Waals surface area contributed by atoms with Crippen LogP contribution in [0, 0.1) is 6.92 Å². The van der Waals surface area contributed by atoms with E-state index >= 15 is 0 Å². The Bertz CT molecular complexity index is 1560. The van der Waals surface area contributed by atoms with Crippen LogP contribution in [0.5, 0.6) is 11.5 Å². The van der Waals surface area contributed by atoms with E-state index < -0.39 is 0 Å². The third-order valence-electron chi connectivity index (χ3n) is 5.90. The van der Waals surface area contributed by atoms with Gasteiger partial charge in [0.15, 0.2) is 5.78 Å². The lowest BCUT2D eigenvalue weighted by Gasteiger charge is -2.14. The first-order chi connectivity index (χ1) is 17.6. The van der Waals surface area contributed by atoms with Gasteiger partial charge in [0.05, 0.1) is 20.0 Å². The summed E-state index contributed by atoms with van der Waals surface area (Å²) in [5.74, 6) is 1.51. The molecule has 0 unspecified atom stereocenters. The van der Waals surface area contributed by atoms with Gasteiger partial charge in [-0.05, 0) is 37.3 Å². The molecule has 3 aromatic carbocycles. The van der Waals surface area contributed by atoms with E-state index in [4.69, 9.17) is 14.5 Å². The number of aromatic amines is 1. The number of ether oxygens (including phenoxy) is 2. The number of methoxy groups -OCH3 is 2. The molecule has 0 bridgehead atoms. The van der Waals surface area contributed by atoms with Gasteiger partial charge in [0.1, 0.15) is 22.9 Å². The summed E-state index contributed by atoms with van der Waals surface area (Å²) in [5, 5.41) is 10.2. The number of aromatic nitrogens is 4. The Morgan fingerprint density at radius 1 is 0.833 bits per heavy atom. The van der Waals surface area contributed by atoms with Crippen LogP contribution in [0.2, 0.25) is 0 Å². The van der Waals surface area contributed by atoms with E-state index in [0.717, 1.165) is 27.7 Å². The van der Waals surface area contributed by atoms with E-state index in [2.05, 4.69) is 15.2 Å². The van der Waals surface area contributed by atoms with Gasteiger partial charge in [-0.2, -0.15) is 0 Å². The summed E-state index contributed by atoms with van der Waals surface area (Å²) >= 11 is 1.26. The second kappa shape index (κ2) is 10.2. The number of nitrogens with one attached hydrogen (secondary N) is 1. The van der Waals surface area contributed by atoms with E-state index in [1.807, 2.05) is 79.7 Å². The molecule has 0 spiro atoms. The van der Waals surface area contributed by atoms with Crippen molar-refractivity contribution in [1.29, 1.82) is 0 Å². The van der Waals surface area contributed by atoms with Gasteiger partial charge >= 0.3 is 0 Å². The number of carbonyl (C=O) groups excluding carboxylic acids is 1. The molecule has 2 heterocycles. The summed E-state index contributed by atoms with van der Waals surface area (Å²) in [6, 6.07) is 23.0. The highest BCUT2D eigenvalue weighted by molar-refractivity contribution is 7.99. The minimum atomic E-state index is 0.00574. The van der Waals surface area contributed by atoms with E-state index in [9.17, 15) is 4.79 Å². The zero-order chi connectivity index (χ0) is 25.1. The quantitative estimate of drug-likeness (QED) is 0.208. The normalized spacial score (nSPS) is 11.0. The van der Waals surface area contributed by atoms with Gasteiger partial charge in [0.25, 0.3) is 0 Å². The smallest absolute Gasteiger partial charge is 0.210 e. The number of carbonyl (C=O) groups is 1. The van der Waals surface area contributed by atoms with Crippen molar-refractivity contribution >= 4 is 28.4 Å². The molecule has 0 saturated heterocycles. The molecule has 0 radical (unpaired) electrons. The van der Waals surface area contributed by atoms with Crippen LogP contribution in [0.25, 0.3) is 33.4 Å². The van der Waals surface area contributed by atoms with Crippen molar-refractivity contribution in [1.82, 2.24) is 20.2 Å². The molecule has 0 saturated carbocycles. The highest BCUT2D eigenvalue weighted by atomic mass is 32.2. The van der Waals surface area contributed by atoms with Gasteiger partial charge in [-0.25, -0.2) is 4.98 Å². The van der Waals surface area contributed by atoms with Crippen LogP contribution in [0.15, 0.2) is 78.0 Å². The molecule has 7 nitrogen and oxygen atoms in total. The second-order valence-corrected chi connectivity index (χ2v) is 9.02. The zero-order valence-corrected chi connectivity index (χ0v) is 20.9. The van der Waals surface area contributed by atoms with Crippen LogP contribution in [0.3, 0.4) is 0 Å². The molecule has 0 amide bonds. The first kappa shape index (κ1) is 23.6. The first-order valence-corrected chi connectivity index (χ1v) is 12.3. The summed E-state index contributed by atoms with van der Waals surface area (Å²) in [5.41, 5.74) is 5.20. The van der Waals surface area contributed by atoms with Crippen molar-refractivity contribution in [2.75, 3.05) is 20.0 Å². The molecule has 0 aliphatic heterocycles. The monoisotopic (exact) mass is 496 g/mol. The minimum Gasteiger partial charge on any atom is -0.496 e. The predicted octanol–water partition coefficient (Wildman–Crippen LogP) is 5.99. The number of rotatable bonds is 8. The molecule has 0 aliphatic carbocycles. The average molecular weight is 497 g/mol. The van der Waals surface area contributed by atoms with Gasteiger partial charge in [0.2, 0.25) is 5.16 Å². The number of aryl methyl sites for hydroxylation is 1. The summed E-state index contributed by atoms with van der Waals surface area (Å²) in [4.78, 5) is 21.3. The lowest BCUT2D eigenvalue weighted by molar-refractivity contribution is 0.102. The third-order valence-corrected chi connectivity index (χ3v) is 6.73. The van der Waals surface area contributed by atoms with E-state index in [1.54, 1.807) is 14.2 Å². The molecular weight excluding hydrogens is 472 g/mol. The number of ketones is 1. The number of hydrogen-bond donors (Lipinski definition) is 1. The molecule has 0 aliphatic rings. The van der Waals surface area contributed by atoms with Gasteiger partial charge in [0, 0.05) is 33.3 Å². The van der Waals surface area contributed by atoms with E-state index in [1.165, 1.54) is 11.8 Å². The molecule has 0 atom stereocenters.